The van der Waals surface area contributed by atoms with Crippen LogP contribution in [-0.2, 0) is 4.74 Å². The van der Waals surface area contributed by atoms with Crippen LogP contribution in [0.15, 0.2) is 29.0 Å². The lowest BCUT2D eigenvalue weighted by Gasteiger charge is -2.14. The number of aromatic nitrogens is 2. The Hall–Kier alpha value is -1.20. The first kappa shape index (κ1) is 12.3. The van der Waals surface area contributed by atoms with Gasteiger partial charge in [-0.1, -0.05) is 0 Å². The fourth-order valence-electron chi connectivity index (χ4n) is 1.56. The predicted molar refractivity (Wildman–Crippen MR) is 69.2 cm³/mol. The van der Waals surface area contributed by atoms with Crippen molar-refractivity contribution in [2.24, 2.45) is 0 Å². The van der Waals surface area contributed by atoms with Gasteiger partial charge in [-0.05, 0) is 28.9 Å². The molecule has 0 fully saturated rings. The van der Waals surface area contributed by atoms with Crippen molar-refractivity contribution in [3.8, 4) is 5.75 Å². The van der Waals surface area contributed by atoms with E-state index in [9.17, 15) is 0 Å². The molecule has 2 aromatic heterocycles. The summed E-state index contributed by atoms with van der Waals surface area (Å²) in [6, 6.07) is 3.73. The van der Waals surface area contributed by atoms with Gasteiger partial charge in [-0.2, -0.15) is 0 Å². The fourth-order valence-corrected chi connectivity index (χ4v) is 1.88. The highest BCUT2D eigenvalue weighted by Crippen LogP contribution is 2.24. The molecule has 0 radical (unpaired) electrons. The predicted octanol–water partition coefficient (Wildman–Crippen LogP) is 2.81. The van der Waals surface area contributed by atoms with E-state index >= 15 is 0 Å². The van der Waals surface area contributed by atoms with Gasteiger partial charge < -0.3 is 9.47 Å². The Morgan fingerprint density at radius 2 is 2.24 bits per heavy atom. The standard InChI is InChI=1S/C12H13BrN2O2/c1-8(7-16-2)17-11-3-4-14-10-5-9(13)6-15-12(10)11/h3-6,8H,7H2,1-2H3. The smallest absolute Gasteiger partial charge is 0.149 e. The van der Waals surface area contributed by atoms with Gasteiger partial charge in [0.05, 0.1) is 12.1 Å². The van der Waals surface area contributed by atoms with Crippen LogP contribution in [0.25, 0.3) is 11.0 Å². The molecular formula is C12H13BrN2O2. The lowest BCUT2D eigenvalue weighted by atomic mass is 10.3. The molecule has 17 heavy (non-hydrogen) atoms. The van der Waals surface area contributed by atoms with Crippen LogP contribution in [0.4, 0.5) is 0 Å². The van der Waals surface area contributed by atoms with Crippen LogP contribution < -0.4 is 4.74 Å². The van der Waals surface area contributed by atoms with Crippen LogP contribution in [0.5, 0.6) is 5.75 Å². The first-order valence-electron chi connectivity index (χ1n) is 5.26. The van der Waals surface area contributed by atoms with Crippen molar-refractivity contribution in [3.05, 3.63) is 29.0 Å². The number of hydrogen-bond acceptors (Lipinski definition) is 4. The number of nitrogens with zero attached hydrogens (tertiary/aromatic N) is 2. The highest BCUT2D eigenvalue weighted by Gasteiger charge is 2.09. The Morgan fingerprint density at radius 1 is 1.41 bits per heavy atom. The first-order valence-corrected chi connectivity index (χ1v) is 6.06. The summed E-state index contributed by atoms with van der Waals surface area (Å²) < 4.78 is 11.7. The van der Waals surface area contributed by atoms with Crippen LogP contribution >= 0.6 is 15.9 Å². The number of hydrogen-bond donors (Lipinski definition) is 0. The van der Waals surface area contributed by atoms with Gasteiger partial charge >= 0.3 is 0 Å². The van der Waals surface area contributed by atoms with Gasteiger partial charge in [0.2, 0.25) is 0 Å². The van der Waals surface area contributed by atoms with E-state index in [4.69, 9.17) is 9.47 Å². The second-order valence-corrected chi connectivity index (χ2v) is 4.63. The molecule has 2 heterocycles. The maximum atomic E-state index is 5.77. The van der Waals surface area contributed by atoms with E-state index in [1.54, 1.807) is 19.5 Å². The van der Waals surface area contributed by atoms with Gasteiger partial charge in [0.25, 0.3) is 0 Å². The largest absolute Gasteiger partial charge is 0.486 e. The minimum Gasteiger partial charge on any atom is -0.486 e. The Bertz CT molecular complexity index is 519. The van der Waals surface area contributed by atoms with Gasteiger partial charge in [-0.25, -0.2) is 4.98 Å². The zero-order valence-electron chi connectivity index (χ0n) is 9.68. The van der Waals surface area contributed by atoms with Crippen LogP contribution in [0, 0.1) is 0 Å². The molecule has 2 rings (SSSR count). The molecule has 5 heteroatoms. The molecule has 0 aliphatic rings. The third-order valence-corrected chi connectivity index (χ3v) is 2.67. The molecule has 0 bridgehead atoms. The molecule has 90 valence electrons. The van der Waals surface area contributed by atoms with Gasteiger partial charge in [-0.3, -0.25) is 4.98 Å². The number of fused-ring (bicyclic) bond motifs is 1. The summed E-state index contributed by atoms with van der Waals surface area (Å²) in [7, 11) is 1.65. The number of ether oxygens (including phenoxy) is 2. The number of rotatable bonds is 4. The zero-order chi connectivity index (χ0) is 12.3. The minimum absolute atomic E-state index is 0.0175. The quantitative estimate of drug-likeness (QED) is 0.870. The SMILES string of the molecule is COCC(C)Oc1ccnc2cc(Br)cnc12. The monoisotopic (exact) mass is 296 g/mol. The summed E-state index contributed by atoms with van der Waals surface area (Å²) in [6.45, 7) is 2.50. The van der Waals surface area contributed by atoms with Crippen molar-refractivity contribution >= 4 is 27.0 Å². The molecule has 0 N–H and O–H groups in total. The van der Waals surface area contributed by atoms with Gasteiger partial charge in [0.1, 0.15) is 17.4 Å². The minimum atomic E-state index is -0.0175. The summed E-state index contributed by atoms with van der Waals surface area (Å²) >= 11 is 3.37. The van der Waals surface area contributed by atoms with Crippen molar-refractivity contribution in [2.75, 3.05) is 13.7 Å². The van der Waals surface area contributed by atoms with Gasteiger partial charge in [0.15, 0.2) is 0 Å². The molecule has 0 amide bonds. The Morgan fingerprint density at radius 3 is 3.00 bits per heavy atom. The molecule has 0 aliphatic carbocycles. The van der Waals surface area contributed by atoms with E-state index in [1.807, 2.05) is 19.1 Å². The molecule has 0 saturated carbocycles. The second-order valence-electron chi connectivity index (χ2n) is 3.71. The molecule has 2 aromatic rings. The summed E-state index contributed by atoms with van der Waals surface area (Å²) in [4.78, 5) is 8.57. The molecule has 0 aromatic carbocycles. The van der Waals surface area contributed by atoms with E-state index in [1.165, 1.54) is 0 Å². The normalized spacial score (nSPS) is 12.6. The number of pyridine rings is 2. The average molecular weight is 297 g/mol. The van der Waals surface area contributed by atoms with Gasteiger partial charge in [0, 0.05) is 30.0 Å². The Labute approximate surface area is 108 Å². The molecule has 0 saturated heterocycles. The molecule has 4 nitrogen and oxygen atoms in total. The highest BCUT2D eigenvalue weighted by atomic mass is 79.9. The van der Waals surface area contributed by atoms with Crippen molar-refractivity contribution < 1.29 is 9.47 Å². The molecule has 1 atom stereocenters. The lowest BCUT2D eigenvalue weighted by Crippen LogP contribution is -2.18. The molecule has 0 spiro atoms. The van der Waals surface area contributed by atoms with E-state index in [0.717, 1.165) is 21.3 Å². The lowest BCUT2D eigenvalue weighted by molar-refractivity contribution is 0.0929. The summed E-state index contributed by atoms with van der Waals surface area (Å²) in [5, 5.41) is 0. The Balaban J connectivity index is 2.34. The highest BCUT2D eigenvalue weighted by molar-refractivity contribution is 9.10. The van der Waals surface area contributed by atoms with Crippen molar-refractivity contribution in [1.82, 2.24) is 9.97 Å². The molecule has 0 aliphatic heterocycles. The van der Waals surface area contributed by atoms with Crippen LogP contribution in [0.1, 0.15) is 6.92 Å². The maximum absolute atomic E-state index is 5.77. The number of methoxy groups -OCH3 is 1. The molecule has 1 unspecified atom stereocenters. The maximum Gasteiger partial charge on any atom is 0.149 e. The van der Waals surface area contributed by atoms with E-state index in [-0.39, 0.29) is 6.10 Å². The van der Waals surface area contributed by atoms with Crippen LogP contribution in [0.2, 0.25) is 0 Å². The summed E-state index contributed by atoms with van der Waals surface area (Å²) in [6.07, 6.45) is 3.43. The zero-order valence-corrected chi connectivity index (χ0v) is 11.3. The summed E-state index contributed by atoms with van der Waals surface area (Å²) in [5.74, 6) is 0.729. The third-order valence-electron chi connectivity index (χ3n) is 2.24. The fraction of sp³-hybridized carbons (Fsp3) is 0.333. The topological polar surface area (TPSA) is 44.2 Å². The van der Waals surface area contributed by atoms with Crippen molar-refractivity contribution in [2.45, 2.75) is 13.0 Å². The van der Waals surface area contributed by atoms with E-state index in [2.05, 4.69) is 25.9 Å². The van der Waals surface area contributed by atoms with Gasteiger partial charge in [-0.15, -0.1) is 0 Å². The molecular weight excluding hydrogens is 284 g/mol. The van der Waals surface area contributed by atoms with Crippen LogP contribution in [0.3, 0.4) is 0 Å². The van der Waals surface area contributed by atoms with Crippen LogP contribution in [-0.4, -0.2) is 29.8 Å². The summed E-state index contributed by atoms with van der Waals surface area (Å²) in [5.41, 5.74) is 1.57. The first-order chi connectivity index (χ1) is 8.20. The third kappa shape index (κ3) is 2.92. The van der Waals surface area contributed by atoms with Crippen molar-refractivity contribution in [1.29, 1.82) is 0 Å². The van der Waals surface area contributed by atoms with E-state index in [0.29, 0.717) is 6.61 Å². The second kappa shape index (κ2) is 5.42. The van der Waals surface area contributed by atoms with Crippen molar-refractivity contribution in [3.63, 3.8) is 0 Å². The number of halogens is 1. The average Bonchev–Trinajstić information content (AvgIpc) is 2.29. The van der Waals surface area contributed by atoms with E-state index < -0.39 is 0 Å². The Kier molecular flexibility index (Phi) is 3.91.